The molecule has 0 aliphatic heterocycles. The predicted molar refractivity (Wildman–Crippen MR) is 54.4 cm³/mol. The Morgan fingerprint density at radius 3 is 2.69 bits per heavy atom. The molecule has 1 aromatic carbocycles. The van der Waals surface area contributed by atoms with Crippen molar-refractivity contribution in [1.82, 2.24) is 0 Å². The van der Waals surface area contributed by atoms with Crippen molar-refractivity contribution in [2.75, 3.05) is 0 Å². The Kier molecular flexibility index (Phi) is 2.51. The van der Waals surface area contributed by atoms with E-state index < -0.39 is 28.2 Å². The highest BCUT2D eigenvalue weighted by Crippen LogP contribution is 2.44. The minimum absolute atomic E-state index is 0.120. The van der Waals surface area contributed by atoms with Gasteiger partial charge in [-0.05, 0) is 24.8 Å². The summed E-state index contributed by atoms with van der Waals surface area (Å²) < 4.78 is 13.1. The Labute approximate surface area is 90.8 Å². The van der Waals surface area contributed by atoms with E-state index in [0.29, 0.717) is 6.07 Å². The van der Waals surface area contributed by atoms with Crippen LogP contribution in [0.25, 0.3) is 0 Å². The first-order valence-corrected chi connectivity index (χ1v) is 4.93. The maximum Gasteiger partial charge on any atom is 0.313 e. The molecule has 5 nitrogen and oxygen atoms in total. The summed E-state index contributed by atoms with van der Waals surface area (Å²) in [5.74, 6) is -1.09. The third-order valence-electron chi connectivity index (χ3n) is 2.77. The van der Waals surface area contributed by atoms with E-state index in [1.165, 1.54) is 0 Å². The van der Waals surface area contributed by atoms with Crippen LogP contribution in [0.1, 0.15) is 24.4 Å². The molecule has 1 atom stereocenters. The van der Waals surface area contributed by atoms with Gasteiger partial charge in [0.25, 0.3) is 0 Å². The third kappa shape index (κ3) is 1.83. The smallest absolute Gasteiger partial charge is 0.313 e. The number of hydrogen-bond donors (Lipinski definition) is 2. The first-order chi connectivity index (χ1) is 7.50. The summed E-state index contributed by atoms with van der Waals surface area (Å²) in [6, 6.07) is 1.22. The van der Waals surface area contributed by atoms with Crippen molar-refractivity contribution in [3.63, 3.8) is 0 Å². The summed E-state index contributed by atoms with van der Waals surface area (Å²) in [7, 11) is 0. The second-order valence-corrected chi connectivity index (χ2v) is 3.98. The number of phenols is 1. The van der Waals surface area contributed by atoms with E-state index >= 15 is 0 Å². The van der Waals surface area contributed by atoms with Gasteiger partial charge < -0.3 is 10.8 Å². The van der Waals surface area contributed by atoms with Gasteiger partial charge in [0.1, 0.15) is 5.82 Å². The van der Waals surface area contributed by atoms with E-state index in [9.17, 15) is 19.6 Å². The maximum atomic E-state index is 13.1. The summed E-state index contributed by atoms with van der Waals surface area (Å²) in [6.07, 6.45) is 1.82. The Hall–Kier alpha value is -1.69. The predicted octanol–water partition coefficient (Wildman–Crippen LogP) is 1.85. The number of halogens is 1. The van der Waals surface area contributed by atoms with Gasteiger partial charge in [-0.2, -0.15) is 0 Å². The summed E-state index contributed by atoms with van der Waals surface area (Å²) in [4.78, 5) is 9.75. The molecule has 6 heteroatoms. The van der Waals surface area contributed by atoms with Crippen LogP contribution in [-0.4, -0.2) is 10.0 Å². The molecule has 0 radical (unpaired) electrons. The molecular weight excluding hydrogens is 215 g/mol. The largest absolute Gasteiger partial charge is 0.502 e. The van der Waals surface area contributed by atoms with Crippen LogP contribution in [0.5, 0.6) is 5.75 Å². The second-order valence-electron chi connectivity index (χ2n) is 3.98. The third-order valence-corrected chi connectivity index (χ3v) is 2.77. The Bertz CT molecular complexity index is 446. The highest BCUT2D eigenvalue weighted by molar-refractivity contribution is 5.52. The van der Waals surface area contributed by atoms with E-state index in [2.05, 4.69) is 0 Å². The topological polar surface area (TPSA) is 89.4 Å². The fourth-order valence-electron chi connectivity index (χ4n) is 1.71. The molecule has 0 aromatic heterocycles. The standard InChI is InChI=1S/C10H11FN2O3/c11-6-3-7(9(12)5-1-2-5)10(14)8(4-6)13(15)16/h3-5,9,14H,1-2,12H2/t9-/m1/s1. The van der Waals surface area contributed by atoms with Gasteiger partial charge >= 0.3 is 5.69 Å². The Morgan fingerprint density at radius 2 is 2.19 bits per heavy atom. The van der Waals surface area contributed by atoms with Gasteiger partial charge in [0.2, 0.25) is 0 Å². The Morgan fingerprint density at radius 1 is 1.56 bits per heavy atom. The van der Waals surface area contributed by atoms with Gasteiger partial charge in [-0.25, -0.2) is 4.39 Å². The average Bonchev–Trinajstić information content (AvgIpc) is 3.03. The monoisotopic (exact) mass is 226 g/mol. The van der Waals surface area contributed by atoms with Gasteiger partial charge in [0.05, 0.1) is 11.0 Å². The highest BCUT2D eigenvalue weighted by Gasteiger charge is 2.33. The van der Waals surface area contributed by atoms with Crippen LogP contribution < -0.4 is 5.73 Å². The summed E-state index contributed by atoms with van der Waals surface area (Å²) in [5.41, 5.74) is 5.28. The molecule has 0 bridgehead atoms. The van der Waals surface area contributed by atoms with E-state index in [1.807, 2.05) is 0 Å². The zero-order chi connectivity index (χ0) is 11.9. The first-order valence-electron chi connectivity index (χ1n) is 4.93. The molecule has 2 rings (SSSR count). The summed E-state index contributed by atoms with van der Waals surface area (Å²) in [5, 5.41) is 20.2. The van der Waals surface area contributed by atoms with Crippen LogP contribution in [0, 0.1) is 21.8 Å². The molecule has 1 aliphatic rings. The number of benzene rings is 1. The fourth-order valence-corrected chi connectivity index (χ4v) is 1.71. The van der Waals surface area contributed by atoms with Crippen LogP contribution in [0.3, 0.4) is 0 Å². The van der Waals surface area contributed by atoms with E-state index in [4.69, 9.17) is 5.73 Å². The first kappa shape index (κ1) is 10.8. The lowest BCUT2D eigenvalue weighted by Gasteiger charge is -2.12. The van der Waals surface area contributed by atoms with Gasteiger partial charge in [-0.3, -0.25) is 10.1 Å². The minimum Gasteiger partial charge on any atom is -0.502 e. The molecule has 0 unspecified atom stereocenters. The molecular formula is C10H11FN2O3. The van der Waals surface area contributed by atoms with Gasteiger partial charge in [-0.1, -0.05) is 0 Å². The quantitative estimate of drug-likeness (QED) is 0.608. The second kappa shape index (κ2) is 3.71. The molecule has 0 heterocycles. The van der Waals surface area contributed by atoms with Crippen molar-refractivity contribution < 1.29 is 14.4 Å². The Balaban J connectivity index is 2.47. The summed E-state index contributed by atoms with van der Waals surface area (Å²) in [6.45, 7) is 0. The molecule has 1 fully saturated rings. The molecule has 3 N–H and O–H groups in total. The van der Waals surface area contributed by atoms with Crippen molar-refractivity contribution in [2.24, 2.45) is 11.7 Å². The summed E-state index contributed by atoms with van der Waals surface area (Å²) >= 11 is 0. The van der Waals surface area contributed by atoms with Crippen molar-refractivity contribution in [3.05, 3.63) is 33.6 Å². The molecule has 0 amide bonds. The lowest BCUT2D eigenvalue weighted by atomic mass is 10.0. The van der Waals surface area contributed by atoms with Crippen molar-refractivity contribution in [1.29, 1.82) is 0 Å². The fraction of sp³-hybridized carbons (Fsp3) is 0.400. The lowest BCUT2D eigenvalue weighted by Crippen LogP contribution is -2.13. The highest BCUT2D eigenvalue weighted by atomic mass is 19.1. The molecule has 0 saturated heterocycles. The number of hydrogen-bond acceptors (Lipinski definition) is 4. The van der Waals surface area contributed by atoms with Crippen molar-refractivity contribution in [3.8, 4) is 5.75 Å². The molecule has 86 valence electrons. The maximum absolute atomic E-state index is 13.1. The molecule has 1 aliphatic carbocycles. The van der Waals surface area contributed by atoms with Crippen molar-refractivity contribution >= 4 is 5.69 Å². The van der Waals surface area contributed by atoms with Crippen LogP contribution in [0.15, 0.2) is 12.1 Å². The van der Waals surface area contributed by atoms with E-state index in [-0.39, 0.29) is 11.5 Å². The SMILES string of the molecule is N[C@@H](c1cc(F)cc([N+](=O)[O-])c1O)C1CC1. The number of nitro groups is 1. The molecule has 0 spiro atoms. The zero-order valence-electron chi connectivity index (χ0n) is 8.39. The average molecular weight is 226 g/mol. The van der Waals surface area contributed by atoms with Crippen LogP contribution >= 0.6 is 0 Å². The zero-order valence-corrected chi connectivity index (χ0v) is 8.39. The van der Waals surface area contributed by atoms with Gasteiger partial charge in [0, 0.05) is 11.6 Å². The van der Waals surface area contributed by atoms with Gasteiger partial charge in [0.15, 0.2) is 5.75 Å². The number of aromatic hydroxyl groups is 1. The van der Waals surface area contributed by atoms with Gasteiger partial charge in [-0.15, -0.1) is 0 Å². The van der Waals surface area contributed by atoms with Crippen LogP contribution in [-0.2, 0) is 0 Å². The number of rotatable bonds is 3. The number of nitrogens with two attached hydrogens (primary N) is 1. The molecule has 16 heavy (non-hydrogen) atoms. The minimum atomic E-state index is -0.818. The van der Waals surface area contributed by atoms with Crippen molar-refractivity contribution in [2.45, 2.75) is 18.9 Å². The van der Waals surface area contributed by atoms with E-state index in [0.717, 1.165) is 18.9 Å². The lowest BCUT2D eigenvalue weighted by molar-refractivity contribution is -0.386. The number of nitrogens with zero attached hydrogens (tertiary/aromatic N) is 1. The molecule has 1 aromatic rings. The number of phenolic OH excluding ortho intramolecular Hbond substituents is 1. The normalized spacial score (nSPS) is 17.1. The van der Waals surface area contributed by atoms with E-state index in [1.54, 1.807) is 0 Å². The molecule has 1 saturated carbocycles. The van der Waals surface area contributed by atoms with Crippen LogP contribution in [0.4, 0.5) is 10.1 Å². The van der Waals surface area contributed by atoms with Crippen LogP contribution in [0.2, 0.25) is 0 Å². The number of nitro benzene ring substituents is 1.